The minimum absolute atomic E-state index is 0.510. The Bertz CT molecular complexity index is 202. The molecular formula is C10H18Cl4N4. The van der Waals surface area contributed by atoms with E-state index in [9.17, 15) is 0 Å². The molecule has 8 heteroatoms. The molecule has 106 valence electrons. The summed E-state index contributed by atoms with van der Waals surface area (Å²) < 4.78 is 0. The van der Waals surface area contributed by atoms with E-state index in [4.69, 9.17) is 46.4 Å². The van der Waals surface area contributed by atoms with Crippen LogP contribution in [-0.2, 0) is 0 Å². The standard InChI is InChI=1S/C10H18Cl4N4/c11-1-7-17(8-2-12)15-5-6-16-18(9-3-13)10-4-14/h5-6H,1-4,7-10H2/b15-5-,16-6+. The van der Waals surface area contributed by atoms with E-state index in [-0.39, 0.29) is 0 Å². The first-order valence-electron chi connectivity index (χ1n) is 5.58. The molecular weight excluding hydrogens is 318 g/mol. The molecule has 0 aliphatic rings. The summed E-state index contributed by atoms with van der Waals surface area (Å²) in [6, 6.07) is 0. The van der Waals surface area contributed by atoms with E-state index in [1.807, 2.05) is 0 Å². The summed E-state index contributed by atoms with van der Waals surface area (Å²) in [6.07, 6.45) is 3.21. The van der Waals surface area contributed by atoms with Crippen molar-refractivity contribution in [1.29, 1.82) is 0 Å². The number of alkyl halides is 4. The predicted octanol–water partition coefficient (Wildman–Crippen LogP) is 2.52. The van der Waals surface area contributed by atoms with E-state index >= 15 is 0 Å². The number of nitrogens with zero attached hydrogens (tertiary/aromatic N) is 4. The van der Waals surface area contributed by atoms with Gasteiger partial charge in [0.1, 0.15) is 0 Å². The first-order valence-corrected chi connectivity index (χ1v) is 7.72. The van der Waals surface area contributed by atoms with Crippen molar-refractivity contribution in [3.8, 4) is 0 Å². The van der Waals surface area contributed by atoms with Crippen molar-refractivity contribution >= 4 is 58.8 Å². The molecule has 0 heterocycles. The first-order chi connectivity index (χ1) is 8.78. The molecule has 0 aromatic heterocycles. The highest BCUT2D eigenvalue weighted by atomic mass is 35.5. The Morgan fingerprint density at radius 3 is 1.11 bits per heavy atom. The lowest BCUT2D eigenvalue weighted by molar-refractivity contribution is 0.324. The quantitative estimate of drug-likeness (QED) is 0.330. The van der Waals surface area contributed by atoms with Crippen LogP contribution in [0.25, 0.3) is 0 Å². The molecule has 0 aromatic carbocycles. The van der Waals surface area contributed by atoms with Gasteiger partial charge in [0.05, 0.1) is 12.4 Å². The highest BCUT2D eigenvalue weighted by Crippen LogP contribution is 1.93. The average molecular weight is 336 g/mol. The van der Waals surface area contributed by atoms with Crippen LogP contribution >= 0.6 is 46.4 Å². The monoisotopic (exact) mass is 334 g/mol. The van der Waals surface area contributed by atoms with E-state index in [1.54, 1.807) is 22.4 Å². The zero-order chi connectivity index (χ0) is 13.6. The van der Waals surface area contributed by atoms with Crippen LogP contribution in [0, 0.1) is 0 Å². The molecule has 0 aromatic rings. The van der Waals surface area contributed by atoms with Crippen molar-refractivity contribution in [1.82, 2.24) is 10.0 Å². The highest BCUT2D eigenvalue weighted by molar-refractivity contribution is 6.19. The number of hydrogen-bond donors (Lipinski definition) is 0. The number of hydrazone groups is 2. The molecule has 18 heavy (non-hydrogen) atoms. The Kier molecular flexibility index (Phi) is 13.6. The summed E-state index contributed by atoms with van der Waals surface area (Å²) in [5, 5.41) is 12.0. The van der Waals surface area contributed by atoms with Crippen LogP contribution in [-0.4, -0.2) is 72.1 Å². The van der Waals surface area contributed by atoms with Crippen LogP contribution in [0.3, 0.4) is 0 Å². The van der Waals surface area contributed by atoms with Crippen molar-refractivity contribution in [2.24, 2.45) is 10.2 Å². The molecule has 0 fully saturated rings. The topological polar surface area (TPSA) is 31.2 Å². The van der Waals surface area contributed by atoms with Gasteiger partial charge < -0.3 is 0 Å². The van der Waals surface area contributed by atoms with Gasteiger partial charge in [0.15, 0.2) is 0 Å². The largest absolute Gasteiger partial charge is 0.295 e. The van der Waals surface area contributed by atoms with E-state index in [1.165, 1.54) is 0 Å². The Balaban J connectivity index is 4.13. The normalized spacial score (nSPS) is 11.6. The Labute approximate surface area is 128 Å². The maximum atomic E-state index is 5.65. The van der Waals surface area contributed by atoms with Gasteiger partial charge in [0, 0.05) is 49.7 Å². The summed E-state index contributed by atoms with van der Waals surface area (Å²) in [5.74, 6) is 2.04. The van der Waals surface area contributed by atoms with Crippen molar-refractivity contribution in [2.75, 3.05) is 49.7 Å². The van der Waals surface area contributed by atoms with E-state index in [0.29, 0.717) is 49.7 Å². The second-order valence-electron chi connectivity index (χ2n) is 3.19. The number of hydrogen-bond acceptors (Lipinski definition) is 4. The Morgan fingerprint density at radius 2 is 0.889 bits per heavy atom. The molecule has 0 saturated heterocycles. The second kappa shape index (κ2) is 13.5. The molecule has 0 unspecified atom stereocenters. The molecule has 0 spiro atoms. The molecule has 0 aliphatic heterocycles. The lowest BCUT2D eigenvalue weighted by Crippen LogP contribution is -2.23. The Hall–Kier alpha value is 0.1000. The van der Waals surface area contributed by atoms with E-state index in [2.05, 4.69) is 10.2 Å². The fourth-order valence-electron chi connectivity index (χ4n) is 1.09. The van der Waals surface area contributed by atoms with Crippen LogP contribution in [0.4, 0.5) is 0 Å². The molecule has 0 atom stereocenters. The molecule has 0 radical (unpaired) electrons. The third-order valence-electron chi connectivity index (χ3n) is 1.90. The van der Waals surface area contributed by atoms with Gasteiger partial charge >= 0.3 is 0 Å². The van der Waals surface area contributed by atoms with Gasteiger partial charge in [0.25, 0.3) is 0 Å². The molecule has 0 aliphatic carbocycles. The van der Waals surface area contributed by atoms with Crippen LogP contribution in [0.15, 0.2) is 10.2 Å². The third-order valence-corrected chi connectivity index (χ3v) is 2.57. The maximum absolute atomic E-state index is 5.65. The van der Waals surface area contributed by atoms with Gasteiger partial charge in [-0.25, -0.2) is 0 Å². The van der Waals surface area contributed by atoms with Crippen LogP contribution in [0.2, 0.25) is 0 Å². The van der Waals surface area contributed by atoms with Crippen LogP contribution in [0.1, 0.15) is 0 Å². The van der Waals surface area contributed by atoms with E-state index < -0.39 is 0 Å². The highest BCUT2D eigenvalue weighted by Gasteiger charge is 1.98. The summed E-state index contributed by atoms with van der Waals surface area (Å²) in [4.78, 5) is 0. The smallest absolute Gasteiger partial charge is 0.0671 e. The van der Waals surface area contributed by atoms with E-state index in [0.717, 1.165) is 0 Å². The molecule has 0 amide bonds. The summed E-state index contributed by atoms with van der Waals surface area (Å²) in [5.41, 5.74) is 0. The second-order valence-corrected chi connectivity index (χ2v) is 4.70. The zero-order valence-electron chi connectivity index (χ0n) is 10.1. The first kappa shape index (κ1) is 18.1. The molecule has 0 rings (SSSR count). The summed E-state index contributed by atoms with van der Waals surface area (Å²) in [6.45, 7) is 2.63. The molecule has 0 bridgehead atoms. The van der Waals surface area contributed by atoms with Crippen molar-refractivity contribution in [3.05, 3.63) is 0 Å². The molecule has 4 nitrogen and oxygen atoms in total. The van der Waals surface area contributed by atoms with Crippen molar-refractivity contribution < 1.29 is 0 Å². The fourth-order valence-corrected chi connectivity index (χ4v) is 1.87. The predicted molar refractivity (Wildman–Crippen MR) is 83.0 cm³/mol. The van der Waals surface area contributed by atoms with Gasteiger partial charge in [-0.1, -0.05) is 0 Å². The molecule has 0 N–H and O–H groups in total. The van der Waals surface area contributed by atoms with Gasteiger partial charge in [-0.15, -0.1) is 46.4 Å². The molecule has 0 saturated carbocycles. The van der Waals surface area contributed by atoms with Gasteiger partial charge in [-0.3, -0.25) is 10.0 Å². The maximum Gasteiger partial charge on any atom is 0.0671 e. The van der Waals surface area contributed by atoms with Gasteiger partial charge in [-0.2, -0.15) is 10.2 Å². The van der Waals surface area contributed by atoms with Gasteiger partial charge in [0.2, 0.25) is 0 Å². The van der Waals surface area contributed by atoms with Crippen molar-refractivity contribution in [3.63, 3.8) is 0 Å². The lowest BCUT2D eigenvalue weighted by Gasteiger charge is -2.16. The third kappa shape index (κ3) is 10.1. The summed E-state index contributed by atoms with van der Waals surface area (Å²) in [7, 11) is 0. The van der Waals surface area contributed by atoms with Crippen LogP contribution < -0.4 is 0 Å². The van der Waals surface area contributed by atoms with Gasteiger partial charge in [-0.05, 0) is 0 Å². The SMILES string of the molecule is ClCCN(CCCl)/N=C\C=N\N(CCCl)CCCl. The van der Waals surface area contributed by atoms with Crippen molar-refractivity contribution in [2.45, 2.75) is 0 Å². The lowest BCUT2D eigenvalue weighted by atomic mass is 10.6. The number of halogens is 4. The minimum Gasteiger partial charge on any atom is -0.295 e. The Morgan fingerprint density at radius 1 is 0.611 bits per heavy atom. The minimum atomic E-state index is 0.510. The number of rotatable bonds is 11. The fraction of sp³-hybridized carbons (Fsp3) is 0.800. The zero-order valence-corrected chi connectivity index (χ0v) is 13.1. The van der Waals surface area contributed by atoms with Crippen LogP contribution in [0.5, 0.6) is 0 Å². The average Bonchev–Trinajstić information content (AvgIpc) is 2.35. The summed E-state index contributed by atoms with van der Waals surface area (Å²) >= 11 is 22.6.